The summed E-state index contributed by atoms with van der Waals surface area (Å²) >= 11 is 0. The molecule has 15 heteroatoms. The lowest BCUT2D eigenvalue weighted by molar-refractivity contribution is -0.134. The largest absolute Gasteiger partial charge is 0.340 e. The number of rotatable bonds is 12. The van der Waals surface area contributed by atoms with Gasteiger partial charge in [-0.1, -0.05) is 72.8 Å². The molecule has 1 saturated carbocycles. The van der Waals surface area contributed by atoms with Crippen molar-refractivity contribution in [2.45, 2.75) is 51.6 Å². The van der Waals surface area contributed by atoms with Crippen LogP contribution in [0.5, 0.6) is 0 Å². The van der Waals surface area contributed by atoms with E-state index in [0.717, 1.165) is 75.0 Å². The Labute approximate surface area is 346 Å². The summed E-state index contributed by atoms with van der Waals surface area (Å²) in [5, 5.41) is 7.84. The van der Waals surface area contributed by atoms with Crippen molar-refractivity contribution in [1.82, 2.24) is 18.9 Å². The van der Waals surface area contributed by atoms with Crippen LogP contribution in [-0.4, -0.2) is 88.3 Å². The van der Waals surface area contributed by atoms with Gasteiger partial charge in [-0.15, -0.1) is 0 Å². The van der Waals surface area contributed by atoms with E-state index in [2.05, 4.69) is 9.13 Å². The van der Waals surface area contributed by atoms with Gasteiger partial charge >= 0.3 is 6.03 Å². The van der Waals surface area contributed by atoms with Crippen LogP contribution in [0.25, 0.3) is 55.5 Å². The summed E-state index contributed by atoms with van der Waals surface area (Å²) in [5.74, 6) is -2.09. The SMILES string of the molecule is CN1C(=O)C(=C2/C(=C/C=c3\c4cccc5cccc(c54)n3CCCCS(=O)(=O)O)CC/C2=C\C=c2/c3cccc4cccc(c43)n2CCCCS(=O)(=O)O)C(=O)N(C)C1=O. The molecule has 0 unspecified atom stereocenters. The van der Waals surface area contributed by atoms with E-state index in [9.17, 15) is 40.3 Å². The Morgan fingerprint density at radius 2 is 0.950 bits per heavy atom. The van der Waals surface area contributed by atoms with Gasteiger partial charge in [-0.3, -0.25) is 28.5 Å². The first-order valence-electron chi connectivity index (χ1n) is 19.8. The Balaban J connectivity index is 1.30. The maximum atomic E-state index is 14.0. The molecular formula is C45H44N4O9S2. The molecule has 6 aromatic rings. The Morgan fingerprint density at radius 3 is 1.35 bits per heavy atom. The second kappa shape index (κ2) is 16.0. The molecular weight excluding hydrogens is 805 g/mol. The van der Waals surface area contributed by atoms with E-state index in [1.807, 2.05) is 97.1 Å². The second-order valence-electron chi connectivity index (χ2n) is 15.4. The van der Waals surface area contributed by atoms with Crippen molar-refractivity contribution in [1.29, 1.82) is 0 Å². The molecule has 0 atom stereocenters. The molecule has 3 heterocycles. The van der Waals surface area contributed by atoms with Crippen LogP contribution in [-0.2, 0) is 42.9 Å². The van der Waals surface area contributed by atoms with Crippen molar-refractivity contribution >= 4 is 93.6 Å². The molecule has 0 radical (unpaired) electrons. The van der Waals surface area contributed by atoms with Gasteiger partial charge in [0.2, 0.25) is 0 Å². The van der Waals surface area contributed by atoms with Gasteiger partial charge in [-0.05, 0) is 90.3 Å². The summed E-state index contributed by atoms with van der Waals surface area (Å²) in [6.45, 7) is 0.947. The molecule has 2 aromatic heterocycles. The normalized spacial score (nSPS) is 17.9. The van der Waals surface area contributed by atoms with Crippen LogP contribution < -0.4 is 10.7 Å². The van der Waals surface area contributed by atoms with Gasteiger partial charge in [-0.25, -0.2) is 4.79 Å². The van der Waals surface area contributed by atoms with Gasteiger partial charge in [0.15, 0.2) is 0 Å². The number of unbranched alkanes of at least 4 members (excludes halogenated alkanes) is 2. The quantitative estimate of drug-likeness (QED) is 0.0655. The average molecular weight is 849 g/mol. The first-order valence-corrected chi connectivity index (χ1v) is 23.0. The first kappa shape index (κ1) is 40.9. The smallest absolute Gasteiger partial charge is 0.333 e. The molecule has 60 heavy (non-hydrogen) atoms. The molecule has 13 nitrogen and oxygen atoms in total. The van der Waals surface area contributed by atoms with Gasteiger partial charge in [0.1, 0.15) is 5.57 Å². The topological polar surface area (TPSA) is 176 Å². The number of hydrogen-bond acceptors (Lipinski definition) is 7. The minimum atomic E-state index is -4.11. The number of carbonyl (C=O) groups excluding carboxylic acids is 3. The number of aryl methyl sites for hydroxylation is 2. The van der Waals surface area contributed by atoms with Crippen LogP contribution in [0.15, 0.2) is 107 Å². The number of hydrogen-bond donors (Lipinski definition) is 2. The highest BCUT2D eigenvalue weighted by Gasteiger charge is 2.42. The minimum absolute atomic E-state index is 0.107. The number of likely N-dealkylation sites (N-methyl/N-ethyl adjacent to an activating group) is 2. The number of carbonyl (C=O) groups is 3. The summed E-state index contributed by atoms with van der Waals surface area (Å²) in [4.78, 5) is 42.7. The molecule has 2 N–H and O–H groups in total. The van der Waals surface area contributed by atoms with Gasteiger partial charge in [0.05, 0.1) is 11.5 Å². The lowest BCUT2D eigenvalue weighted by atomic mass is 9.95. The Bertz CT molecular complexity index is 2990. The number of allylic oxidation sites excluding steroid dienone is 5. The molecule has 8 rings (SSSR count). The molecule has 1 saturated heterocycles. The number of aromatic nitrogens is 2. The molecule has 1 aliphatic carbocycles. The standard InChI is InChI=1S/C45H44N4O9S2/c1-46-43(50)42(44(51)47(2)45(46)52)39-31(21-23-35-33-15-7-11-29-13-9-17-37(40(29)33)48(35)25-3-5-27-59(53,54)55)19-20-32(39)22-24-36-34-16-8-12-30-14-10-18-38(41(30)34)49(36)26-4-6-28-60(56,57)58/h7-18,21-24H,3-6,19-20,25-28H2,1-2H3,(H,53,54,55)(H,56,57,58)/b31-21+,32-22+,35-23+,36-24+. The van der Waals surface area contributed by atoms with Crippen molar-refractivity contribution in [2.75, 3.05) is 25.6 Å². The van der Waals surface area contributed by atoms with Crippen LogP contribution in [0.1, 0.15) is 38.5 Å². The summed E-state index contributed by atoms with van der Waals surface area (Å²) < 4.78 is 68.9. The number of urea groups is 1. The van der Waals surface area contributed by atoms with Gasteiger partial charge < -0.3 is 9.13 Å². The Hall–Kier alpha value is -5.87. The van der Waals surface area contributed by atoms with Crippen LogP contribution in [0.2, 0.25) is 0 Å². The van der Waals surface area contributed by atoms with Gasteiger partial charge in [0, 0.05) is 70.5 Å². The van der Waals surface area contributed by atoms with Crippen LogP contribution in [0.3, 0.4) is 0 Å². The zero-order valence-corrected chi connectivity index (χ0v) is 34.8. The van der Waals surface area contributed by atoms with Crippen molar-refractivity contribution in [2.24, 2.45) is 0 Å². The van der Waals surface area contributed by atoms with Crippen LogP contribution >= 0.6 is 0 Å². The van der Waals surface area contributed by atoms with E-state index >= 15 is 0 Å². The Morgan fingerprint density at radius 1 is 0.550 bits per heavy atom. The average Bonchev–Trinajstić information content (AvgIpc) is 3.85. The van der Waals surface area contributed by atoms with E-state index in [4.69, 9.17) is 0 Å². The molecule has 2 fully saturated rings. The predicted molar refractivity (Wildman–Crippen MR) is 233 cm³/mol. The van der Waals surface area contributed by atoms with E-state index in [1.54, 1.807) is 0 Å². The monoisotopic (exact) mass is 848 g/mol. The number of barbiturate groups is 1. The summed E-state index contributed by atoms with van der Waals surface area (Å²) in [6.07, 6.45) is 10.3. The molecule has 0 bridgehead atoms. The van der Waals surface area contributed by atoms with Crippen LogP contribution in [0.4, 0.5) is 4.79 Å². The van der Waals surface area contributed by atoms with E-state index in [0.29, 0.717) is 44.3 Å². The summed E-state index contributed by atoms with van der Waals surface area (Å²) in [7, 11) is -5.51. The van der Waals surface area contributed by atoms with Gasteiger partial charge in [-0.2, -0.15) is 16.8 Å². The van der Waals surface area contributed by atoms with Crippen molar-refractivity contribution < 1.29 is 40.3 Å². The van der Waals surface area contributed by atoms with Crippen molar-refractivity contribution in [3.8, 4) is 0 Å². The molecule has 4 amide bonds. The highest BCUT2D eigenvalue weighted by molar-refractivity contribution is 7.86. The van der Waals surface area contributed by atoms with Gasteiger partial charge in [0.25, 0.3) is 32.1 Å². The molecule has 1 aliphatic heterocycles. The third-order valence-corrected chi connectivity index (χ3v) is 13.2. The zero-order chi connectivity index (χ0) is 42.5. The van der Waals surface area contributed by atoms with E-state index in [1.165, 1.54) is 14.1 Å². The minimum Gasteiger partial charge on any atom is -0.340 e. The van der Waals surface area contributed by atoms with E-state index in [-0.39, 0.29) is 29.9 Å². The van der Waals surface area contributed by atoms with Crippen molar-refractivity contribution in [3.05, 3.63) is 118 Å². The summed E-state index contributed by atoms with van der Waals surface area (Å²) in [5.41, 5.74) is 3.73. The maximum Gasteiger partial charge on any atom is 0.333 e. The first-order chi connectivity index (χ1) is 28.6. The highest BCUT2D eigenvalue weighted by Crippen LogP contribution is 2.40. The molecule has 310 valence electrons. The fraction of sp³-hybridized carbons (Fsp3) is 0.267. The number of benzene rings is 4. The Kier molecular flexibility index (Phi) is 10.9. The van der Waals surface area contributed by atoms with Crippen molar-refractivity contribution in [3.63, 3.8) is 0 Å². The second-order valence-corrected chi connectivity index (χ2v) is 18.5. The highest BCUT2D eigenvalue weighted by atomic mass is 32.2. The molecule has 0 spiro atoms. The number of imide groups is 2. The predicted octanol–water partition coefficient (Wildman–Crippen LogP) is 5.93. The molecule has 2 aliphatic rings. The third-order valence-electron chi connectivity index (χ3n) is 11.6. The molecule has 4 aromatic carbocycles. The lowest BCUT2D eigenvalue weighted by Gasteiger charge is -2.30. The lowest BCUT2D eigenvalue weighted by Crippen LogP contribution is -2.53. The van der Waals surface area contributed by atoms with Crippen LogP contribution in [0, 0.1) is 0 Å². The summed E-state index contributed by atoms with van der Waals surface area (Å²) in [6, 6.07) is 23.4. The van der Waals surface area contributed by atoms with E-state index < -0.39 is 38.1 Å². The zero-order valence-electron chi connectivity index (χ0n) is 33.2. The third kappa shape index (κ3) is 7.69. The maximum absolute atomic E-state index is 14.0. The number of nitrogens with zero attached hydrogens (tertiary/aromatic N) is 4. The fourth-order valence-corrected chi connectivity index (χ4v) is 9.94. The number of amides is 4. The fourth-order valence-electron chi connectivity index (χ4n) is 8.80.